The number of ketones is 1. The second-order valence-corrected chi connectivity index (χ2v) is 1.80. The summed E-state index contributed by atoms with van der Waals surface area (Å²) < 4.78 is 0. The predicted octanol–water partition coefficient (Wildman–Crippen LogP) is 1.60. The molecule has 0 amide bonds. The molecule has 1 nitrogen and oxygen atoms in total. The van der Waals surface area contributed by atoms with Gasteiger partial charge >= 0.3 is 0 Å². The third kappa shape index (κ3) is 1.92. The average Bonchev–Trinajstić information content (AvgIpc) is 1.84. The fraction of sp³-hybridized carbons (Fsp3) is 0.429. The lowest BCUT2D eigenvalue weighted by atomic mass is 10.0. The van der Waals surface area contributed by atoms with Crippen molar-refractivity contribution < 1.29 is 4.79 Å². The standard InChI is InChI=1S/C7H11O/c1-4-6(3)7(8)5-2/h5-6H,1-2,4H2,3H3. The van der Waals surface area contributed by atoms with Gasteiger partial charge < -0.3 is 0 Å². The molecule has 0 aliphatic carbocycles. The molecule has 0 heterocycles. The lowest BCUT2D eigenvalue weighted by Crippen LogP contribution is -2.04. The molecule has 45 valence electrons. The van der Waals surface area contributed by atoms with Crippen molar-refractivity contribution in [2.45, 2.75) is 13.3 Å². The third-order valence-electron chi connectivity index (χ3n) is 1.12. The van der Waals surface area contributed by atoms with E-state index in [0.29, 0.717) is 6.42 Å². The Morgan fingerprint density at radius 2 is 2.38 bits per heavy atom. The van der Waals surface area contributed by atoms with Crippen molar-refractivity contribution >= 4 is 5.78 Å². The molecule has 0 saturated heterocycles. The third-order valence-corrected chi connectivity index (χ3v) is 1.12. The average molecular weight is 111 g/mol. The largest absolute Gasteiger partial charge is 0.295 e. The Bertz CT molecular complexity index is 94.6. The minimum absolute atomic E-state index is 0.0486. The van der Waals surface area contributed by atoms with E-state index < -0.39 is 0 Å². The van der Waals surface area contributed by atoms with E-state index in [9.17, 15) is 4.79 Å². The highest BCUT2D eigenvalue weighted by molar-refractivity contribution is 5.90. The summed E-state index contributed by atoms with van der Waals surface area (Å²) >= 11 is 0. The highest BCUT2D eigenvalue weighted by atomic mass is 16.1. The molecule has 8 heavy (non-hydrogen) atoms. The maximum atomic E-state index is 10.6. The molecule has 0 fully saturated rings. The summed E-state index contributed by atoms with van der Waals surface area (Å²) in [6.07, 6.45) is 2.00. The monoisotopic (exact) mass is 111 g/mol. The van der Waals surface area contributed by atoms with Crippen molar-refractivity contribution in [3.05, 3.63) is 19.6 Å². The van der Waals surface area contributed by atoms with Crippen LogP contribution in [0.2, 0.25) is 0 Å². The summed E-state index contributed by atoms with van der Waals surface area (Å²) in [6.45, 7) is 8.78. The van der Waals surface area contributed by atoms with Crippen LogP contribution < -0.4 is 0 Å². The zero-order chi connectivity index (χ0) is 6.57. The van der Waals surface area contributed by atoms with E-state index in [1.807, 2.05) is 6.92 Å². The van der Waals surface area contributed by atoms with Crippen molar-refractivity contribution in [1.29, 1.82) is 0 Å². The van der Waals surface area contributed by atoms with Gasteiger partial charge in [-0.15, -0.1) is 0 Å². The summed E-state index contributed by atoms with van der Waals surface area (Å²) in [5.41, 5.74) is 0. The first-order valence-corrected chi connectivity index (χ1v) is 2.68. The summed E-state index contributed by atoms with van der Waals surface area (Å²) in [7, 11) is 0. The van der Waals surface area contributed by atoms with E-state index in [1.54, 1.807) is 0 Å². The van der Waals surface area contributed by atoms with Gasteiger partial charge in [0.15, 0.2) is 5.78 Å². The SMILES string of the molecule is [CH2]CC(C)C(=O)C=C. The van der Waals surface area contributed by atoms with E-state index in [1.165, 1.54) is 6.08 Å². The highest BCUT2D eigenvalue weighted by Crippen LogP contribution is 2.00. The van der Waals surface area contributed by atoms with Gasteiger partial charge in [-0.3, -0.25) is 4.79 Å². The van der Waals surface area contributed by atoms with Crippen LogP contribution in [0.15, 0.2) is 12.7 Å². The molecule has 0 bridgehead atoms. The minimum Gasteiger partial charge on any atom is -0.295 e. The minimum atomic E-state index is 0.0486. The predicted molar refractivity (Wildman–Crippen MR) is 34.3 cm³/mol. The molecule has 0 spiro atoms. The summed E-state index contributed by atoms with van der Waals surface area (Å²) in [6, 6.07) is 0. The van der Waals surface area contributed by atoms with Gasteiger partial charge in [-0.05, 0) is 12.5 Å². The maximum absolute atomic E-state index is 10.6. The Balaban J connectivity index is 3.62. The second kappa shape index (κ2) is 3.42. The van der Waals surface area contributed by atoms with Gasteiger partial charge in [0.25, 0.3) is 0 Å². The van der Waals surface area contributed by atoms with Crippen LogP contribution in [-0.4, -0.2) is 5.78 Å². The van der Waals surface area contributed by atoms with Gasteiger partial charge in [-0.25, -0.2) is 0 Å². The van der Waals surface area contributed by atoms with Crippen molar-refractivity contribution in [2.75, 3.05) is 0 Å². The Labute approximate surface area is 50.4 Å². The Hall–Kier alpha value is -0.590. The molecule has 0 N–H and O–H groups in total. The van der Waals surface area contributed by atoms with E-state index in [2.05, 4.69) is 13.5 Å². The van der Waals surface area contributed by atoms with Crippen LogP contribution in [0, 0.1) is 12.8 Å². The lowest BCUT2D eigenvalue weighted by Gasteiger charge is -1.99. The zero-order valence-electron chi connectivity index (χ0n) is 5.18. The van der Waals surface area contributed by atoms with Crippen molar-refractivity contribution in [2.24, 2.45) is 5.92 Å². The molecular weight excluding hydrogens is 100 g/mol. The van der Waals surface area contributed by atoms with Crippen molar-refractivity contribution in [1.82, 2.24) is 0 Å². The van der Waals surface area contributed by atoms with E-state index >= 15 is 0 Å². The smallest absolute Gasteiger partial charge is 0.157 e. The first kappa shape index (κ1) is 7.41. The van der Waals surface area contributed by atoms with Crippen LogP contribution in [0.5, 0.6) is 0 Å². The Morgan fingerprint density at radius 3 is 2.50 bits per heavy atom. The molecule has 1 unspecified atom stereocenters. The number of carbonyl (C=O) groups excluding carboxylic acids is 1. The number of hydrogen-bond donors (Lipinski definition) is 0. The maximum Gasteiger partial charge on any atom is 0.157 e. The lowest BCUT2D eigenvalue weighted by molar-refractivity contribution is -0.117. The van der Waals surface area contributed by atoms with E-state index in [4.69, 9.17) is 0 Å². The van der Waals surface area contributed by atoms with Crippen molar-refractivity contribution in [3.63, 3.8) is 0 Å². The van der Waals surface area contributed by atoms with Crippen LogP contribution in [0.3, 0.4) is 0 Å². The fourth-order valence-electron chi connectivity index (χ4n) is 0.343. The van der Waals surface area contributed by atoms with Gasteiger partial charge in [-0.1, -0.05) is 20.4 Å². The molecule has 0 aromatic heterocycles. The van der Waals surface area contributed by atoms with E-state index in [0.717, 1.165) is 0 Å². The summed E-state index contributed by atoms with van der Waals surface area (Å²) in [4.78, 5) is 10.6. The normalized spacial score (nSPS) is 12.8. The molecule has 0 saturated carbocycles. The zero-order valence-corrected chi connectivity index (χ0v) is 5.18. The van der Waals surface area contributed by atoms with Gasteiger partial charge in [0, 0.05) is 5.92 Å². The quantitative estimate of drug-likeness (QED) is 0.505. The van der Waals surface area contributed by atoms with Crippen LogP contribution in [0.25, 0.3) is 0 Å². The second-order valence-electron chi connectivity index (χ2n) is 1.80. The summed E-state index contributed by atoms with van der Waals surface area (Å²) in [5.74, 6) is 0.132. The van der Waals surface area contributed by atoms with Crippen molar-refractivity contribution in [3.8, 4) is 0 Å². The van der Waals surface area contributed by atoms with Crippen LogP contribution in [-0.2, 0) is 4.79 Å². The highest BCUT2D eigenvalue weighted by Gasteiger charge is 2.03. The molecule has 0 aliphatic rings. The van der Waals surface area contributed by atoms with E-state index in [-0.39, 0.29) is 11.7 Å². The van der Waals surface area contributed by atoms with Gasteiger partial charge in [0.05, 0.1) is 0 Å². The molecule has 0 aromatic carbocycles. The molecular formula is C7H11O. The number of hydrogen-bond acceptors (Lipinski definition) is 1. The number of allylic oxidation sites excluding steroid dienone is 1. The summed E-state index contributed by atoms with van der Waals surface area (Å²) in [5, 5.41) is 0. The van der Waals surface area contributed by atoms with Gasteiger partial charge in [0.1, 0.15) is 0 Å². The van der Waals surface area contributed by atoms with Gasteiger partial charge in [0.2, 0.25) is 0 Å². The molecule has 1 radical (unpaired) electrons. The molecule has 0 aromatic rings. The first-order valence-electron chi connectivity index (χ1n) is 2.68. The molecule has 0 aliphatic heterocycles. The van der Waals surface area contributed by atoms with Crippen LogP contribution in [0.4, 0.5) is 0 Å². The molecule has 1 atom stereocenters. The topological polar surface area (TPSA) is 17.1 Å². The number of rotatable bonds is 3. The Kier molecular flexibility index (Phi) is 3.16. The van der Waals surface area contributed by atoms with Gasteiger partial charge in [-0.2, -0.15) is 0 Å². The Morgan fingerprint density at radius 1 is 1.88 bits per heavy atom. The molecule has 0 rings (SSSR count). The first-order chi connectivity index (χ1) is 3.72. The molecule has 1 heteroatoms. The van der Waals surface area contributed by atoms with Crippen LogP contribution >= 0.6 is 0 Å². The van der Waals surface area contributed by atoms with Crippen LogP contribution in [0.1, 0.15) is 13.3 Å². The number of carbonyl (C=O) groups is 1. The fourth-order valence-corrected chi connectivity index (χ4v) is 0.343.